The molecule has 3 heterocycles. The summed E-state index contributed by atoms with van der Waals surface area (Å²) in [5, 5.41) is 7.64. The molecule has 0 saturated carbocycles. The standard InChI is InChI=1S/C20H25N5/c1-15-5-7-16(8-6-15)19-11-22-23-20(19)17-4-3-9-25(12-17)13-18-10-21-14-24(18)2/h5-8,10-11,14,17H,3-4,9,12-13H2,1-2H3,(H,22,23)/t17-/m0/s1. The average molecular weight is 335 g/mol. The van der Waals surface area contributed by atoms with Crippen LogP contribution in [-0.4, -0.2) is 37.7 Å². The van der Waals surface area contributed by atoms with Crippen LogP contribution in [0.4, 0.5) is 0 Å². The van der Waals surface area contributed by atoms with Crippen LogP contribution in [0.2, 0.25) is 0 Å². The Labute approximate surface area is 148 Å². The molecule has 3 aromatic rings. The highest BCUT2D eigenvalue weighted by Gasteiger charge is 2.25. The van der Waals surface area contributed by atoms with Crippen molar-refractivity contribution in [2.75, 3.05) is 13.1 Å². The van der Waals surface area contributed by atoms with Gasteiger partial charge in [-0.05, 0) is 31.9 Å². The summed E-state index contributed by atoms with van der Waals surface area (Å²) in [5.41, 5.74) is 6.32. The van der Waals surface area contributed by atoms with Crippen LogP contribution in [0.3, 0.4) is 0 Å². The third-order valence-electron chi connectivity index (χ3n) is 5.25. The third-order valence-corrected chi connectivity index (χ3v) is 5.25. The van der Waals surface area contributed by atoms with Gasteiger partial charge in [0.15, 0.2) is 0 Å². The zero-order chi connectivity index (χ0) is 17.2. The van der Waals surface area contributed by atoms with Crippen LogP contribution in [0.25, 0.3) is 11.1 Å². The molecular formula is C20H25N5. The summed E-state index contributed by atoms with van der Waals surface area (Å²) in [6.45, 7) is 5.29. The van der Waals surface area contributed by atoms with E-state index in [2.05, 4.69) is 62.9 Å². The molecule has 0 amide bonds. The summed E-state index contributed by atoms with van der Waals surface area (Å²) in [4.78, 5) is 6.77. The molecule has 1 saturated heterocycles. The van der Waals surface area contributed by atoms with E-state index in [0.29, 0.717) is 5.92 Å². The van der Waals surface area contributed by atoms with E-state index in [-0.39, 0.29) is 0 Å². The van der Waals surface area contributed by atoms with E-state index >= 15 is 0 Å². The van der Waals surface area contributed by atoms with Gasteiger partial charge >= 0.3 is 0 Å². The van der Waals surface area contributed by atoms with Gasteiger partial charge in [0.25, 0.3) is 0 Å². The smallest absolute Gasteiger partial charge is 0.0945 e. The van der Waals surface area contributed by atoms with Gasteiger partial charge in [0.2, 0.25) is 0 Å². The minimum absolute atomic E-state index is 0.501. The first-order valence-electron chi connectivity index (χ1n) is 8.98. The maximum atomic E-state index is 4.35. The van der Waals surface area contributed by atoms with Crippen molar-refractivity contribution in [1.29, 1.82) is 0 Å². The molecule has 0 aliphatic carbocycles. The lowest BCUT2D eigenvalue weighted by Crippen LogP contribution is -2.34. The van der Waals surface area contributed by atoms with Crippen molar-refractivity contribution in [1.82, 2.24) is 24.6 Å². The molecule has 0 spiro atoms. The lowest BCUT2D eigenvalue weighted by molar-refractivity contribution is 0.195. The number of aromatic nitrogens is 4. The molecule has 1 aromatic carbocycles. The number of hydrogen-bond acceptors (Lipinski definition) is 3. The fourth-order valence-corrected chi connectivity index (χ4v) is 3.77. The predicted molar refractivity (Wildman–Crippen MR) is 99.2 cm³/mol. The Bertz CT molecular complexity index is 830. The summed E-state index contributed by atoms with van der Waals surface area (Å²) >= 11 is 0. The maximum absolute atomic E-state index is 4.35. The van der Waals surface area contributed by atoms with Gasteiger partial charge in [-0.15, -0.1) is 0 Å². The second-order valence-electron chi connectivity index (χ2n) is 7.13. The molecule has 0 bridgehead atoms. The molecular weight excluding hydrogens is 310 g/mol. The Balaban J connectivity index is 1.53. The number of imidazole rings is 1. The van der Waals surface area contributed by atoms with Crippen molar-refractivity contribution in [2.24, 2.45) is 7.05 Å². The van der Waals surface area contributed by atoms with Crippen molar-refractivity contribution >= 4 is 0 Å². The summed E-state index contributed by atoms with van der Waals surface area (Å²) in [5.74, 6) is 0.501. The minimum atomic E-state index is 0.501. The van der Waals surface area contributed by atoms with Crippen molar-refractivity contribution in [3.8, 4) is 11.1 Å². The van der Waals surface area contributed by atoms with E-state index < -0.39 is 0 Å². The van der Waals surface area contributed by atoms with Crippen LogP contribution in [0, 0.1) is 6.92 Å². The molecule has 25 heavy (non-hydrogen) atoms. The zero-order valence-electron chi connectivity index (χ0n) is 14.9. The van der Waals surface area contributed by atoms with E-state index in [9.17, 15) is 0 Å². The van der Waals surface area contributed by atoms with E-state index in [4.69, 9.17) is 0 Å². The number of rotatable bonds is 4. The van der Waals surface area contributed by atoms with Crippen LogP contribution < -0.4 is 0 Å². The van der Waals surface area contributed by atoms with Crippen LogP contribution >= 0.6 is 0 Å². The highest BCUT2D eigenvalue weighted by atomic mass is 15.2. The first-order valence-corrected chi connectivity index (χ1v) is 8.98. The summed E-state index contributed by atoms with van der Waals surface area (Å²) in [6.07, 6.45) is 8.25. The van der Waals surface area contributed by atoms with E-state index in [1.807, 2.05) is 18.7 Å². The summed E-state index contributed by atoms with van der Waals surface area (Å²) in [6, 6.07) is 8.73. The zero-order valence-corrected chi connectivity index (χ0v) is 14.9. The van der Waals surface area contributed by atoms with Gasteiger partial charge in [0.05, 0.1) is 18.2 Å². The monoisotopic (exact) mass is 335 g/mol. The Kier molecular flexibility index (Phi) is 4.40. The highest BCUT2D eigenvalue weighted by molar-refractivity contribution is 5.66. The number of benzene rings is 1. The number of nitrogens with one attached hydrogen (secondary N) is 1. The Hall–Kier alpha value is -2.40. The average Bonchev–Trinajstić information content (AvgIpc) is 3.26. The lowest BCUT2D eigenvalue weighted by atomic mass is 9.90. The largest absolute Gasteiger partial charge is 0.337 e. The number of H-pyrrole nitrogens is 1. The fourth-order valence-electron chi connectivity index (χ4n) is 3.77. The fraction of sp³-hybridized carbons (Fsp3) is 0.400. The van der Waals surface area contributed by atoms with Gasteiger partial charge in [0.1, 0.15) is 0 Å². The number of aromatic amines is 1. The molecule has 5 nitrogen and oxygen atoms in total. The topological polar surface area (TPSA) is 49.7 Å². The molecule has 4 rings (SSSR count). The highest BCUT2D eigenvalue weighted by Crippen LogP contribution is 2.33. The van der Waals surface area contributed by atoms with Crippen LogP contribution in [-0.2, 0) is 13.6 Å². The first kappa shape index (κ1) is 16.1. The van der Waals surface area contributed by atoms with E-state index in [0.717, 1.165) is 19.6 Å². The molecule has 1 N–H and O–H groups in total. The summed E-state index contributed by atoms with van der Waals surface area (Å²) in [7, 11) is 2.06. The predicted octanol–water partition coefficient (Wildman–Crippen LogP) is 3.50. The SMILES string of the molecule is Cc1ccc(-c2cn[nH]c2[C@H]2CCCN(Cc3cncn3C)C2)cc1. The van der Waals surface area contributed by atoms with Crippen molar-refractivity contribution in [3.05, 3.63) is 59.9 Å². The van der Waals surface area contributed by atoms with E-state index in [1.54, 1.807) is 0 Å². The van der Waals surface area contributed by atoms with Crippen molar-refractivity contribution < 1.29 is 0 Å². The van der Waals surface area contributed by atoms with Gasteiger partial charge in [-0.25, -0.2) is 4.98 Å². The molecule has 0 radical (unpaired) electrons. The Morgan fingerprint density at radius 1 is 1.20 bits per heavy atom. The molecule has 1 aliphatic heterocycles. The van der Waals surface area contributed by atoms with Crippen molar-refractivity contribution in [2.45, 2.75) is 32.2 Å². The van der Waals surface area contributed by atoms with Gasteiger partial charge in [-0.1, -0.05) is 29.8 Å². The molecule has 0 unspecified atom stereocenters. The number of likely N-dealkylation sites (tertiary alicyclic amines) is 1. The normalized spacial score (nSPS) is 18.6. The summed E-state index contributed by atoms with van der Waals surface area (Å²) < 4.78 is 2.11. The Morgan fingerprint density at radius 3 is 2.80 bits per heavy atom. The maximum Gasteiger partial charge on any atom is 0.0945 e. The van der Waals surface area contributed by atoms with Crippen molar-refractivity contribution in [3.63, 3.8) is 0 Å². The van der Waals surface area contributed by atoms with Crippen LogP contribution in [0.15, 0.2) is 43.0 Å². The second kappa shape index (κ2) is 6.84. The second-order valence-corrected chi connectivity index (χ2v) is 7.13. The molecule has 1 aliphatic rings. The molecule has 2 aromatic heterocycles. The number of piperidine rings is 1. The Morgan fingerprint density at radius 2 is 2.04 bits per heavy atom. The van der Waals surface area contributed by atoms with Gasteiger partial charge in [0, 0.05) is 43.5 Å². The molecule has 130 valence electrons. The number of hydrogen-bond donors (Lipinski definition) is 1. The quantitative estimate of drug-likeness (QED) is 0.794. The van der Waals surface area contributed by atoms with Gasteiger partial charge in [-0.2, -0.15) is 5.10 Å². The molecule has 1 atom stereocenters. The van der Waals surface area contributed by atoms with E-state index in [1.165, 1.54) is 40.9 Å². The van der Waals surface area contributed by atoms with Crippen LogP contribution in [0.5, 0.6) is 0 Å². The molecule has 1 fully saturated rings. The minimum Gasteiger partial charge on any atom is -0.337 e. The van der Waals surface area contributed by atoms with Gasteiger partial charge < -0.3 is 4.57 Å². The molecule has 5 heteroatoms. The van der Waals surface area contributed by atoms with Crippen LogP contribution in [0.1, 0.15) is 35.7 Å². The van der Waals surface area contributed by atoms with Gasteiger partial charge in [-0.3, -0.25) is 10.00 Å². The number of aryl methyl sites for hydroxylation is 2. The lowest BCUT2D eigenvalue weighted by Gasteiger charge is -2.32. The third kappa shape index (κ3) is 3.37. The number of nitrogens with zero attached hydrogens (tertiary/aromatic N) is 4. The first-order chi connectivity index (χ1) is 12.2.